The van der Waals surface area contributed by atoms with Crippen LogP contribution in [0.15, 0.2) is 54.9 Å². The highest BCUT2D eigenvalue weighted by Crippen LogP contribution is 2.23. The molecule has 84 valence electrons. The molecular weight excluding hydrogens is 214 g/mol. The summed E-state index contributed by atoms with van der Waals surface area (Å²) in [5, 5.41) is 8.63. The average Bonchev–Trinajstić information content (AvgIpc) is 2.38. The Morgan fingerprint density at radius 2 is 1.94 bits per heavy atom. The van der Waals surface area contributed by atoms with Crippen LogP contribution in [0.2, 0.25) is 0 Å². The molecule has 0 atom stereocenters. The zero-order valence-electron chi connectivity index (χ0n) is 9.08. The van der Waals surface area contributed by atoms with E-state index < -0.39 is 5.97 Å². The summed E-state index contributed by atoms with van der Waals surface area (Å²) in [4.78, 5) is 14.6. The van der Waals surface area contributed by atoms with Crippen LogP contribution in [0, 0.1) is 0 Å². The number of carboxylic acid groups (broad SMARTS) is 1. The van der Waals surface area contributed by atoms with Crippen molar-refractivity contribution in [2.45, 2.75) is 0 Å². The van der Waals surface area contributed by atoms with Gasteiger partial charge in [0, 0.05) is 24.0 Å². The van der Waals surface area contributed by atoms with Crippen LogP contribution in [-0.4, -0.2) is 16.1 Å². The standard InChI is InChI=1S/C14H11NO2/c16-14(17)7-6-12-8-9-15-10-13(12)11-4-2-1-3-5-11/h1-10H,(H,16,17). The highest BCUT2D eigenvalue weighted by Gasteiger charge is 2.02. The van der Waals surface area contributed by atoms with Gasteiger partial charge in [0.15, 0.2) is 0 Å². The van der Waals surface area contributed by atoms with E-state index in [1.165, 1.54) is 0 Å². The summed E-state index contributed by atoms with van der Waals surface area (Å²) in [5.74, 6) is -0.958. The zero-order chi connectivity index (χ0) is 12.1. The summed E-state index contributed by atoms with van der Waals surface area (Å²) >= 11 is 0. The van der Waals surface area contributed by atoms with Gasteiger partial charge in [0.25, 0.3) is 0 Å². The van der Waals surface area contributed by atoms with Gasteiger partial charge in [-0.3, -0.25) is 4.98 Å². The molecule has 0 fully saturated rings. The lowest BCUT2D eigenvalue weighted by Gasteiger charge is -2.04. The van der Waals surface area contributed by atoms with Crippen molar-refractivity contribution in [2.24, 2.45) is 0 Å². The number of hydrogen-bond donors (Lipinski definition) is 1. The summed E-state index contributed by atoms with van der Waals surface area (Å²) in [7, 11) is 0. The monoisotopic (exact) mass is 225 g/mol. The molecule has 17 heavy (non-hydrogen) atoms. The molecule has 0 spiro atoms. The molecule has 1 heterocycles. The van der Waals surface area contributed by atoms with Crippen LogP contribution in [-0.2, 0) is 4.79 Å². The van der Waals surface area contributed by atoms with Crippen molar-refractivity contribution >= 4 is 12.0 Å². The minimum absolute atomic E-state index is 0.841. The van der Waals surface area contributed by atoms with Gasteiger partial charge in [-0.2, -0.15) is 0 Å². The maximum Gasteiger partial charge on any atom is 0.328 e. The van der Waals surface area contributed by atoms with Gasteiger partial charge in [-0.05, 0) is 23.3 Å². The first kappa shape index (κ1) is 11.1. The van der Waals surface area contributed by atoms with Gasteiger partial charge in [-0.1, -0.05) is 30.3 Å². The minimum atomic E-state index is -0.958. The van der Waals surface area contributed by atoms with E-state index >= 15 is 0 Å². The van der Waals surface area contributed by atoms with E-state index in [2.05, 4.69) is 4.98 Å². The van der Waals surface area contributed by atoms with Crippen molar-refractivity contribution in [1.29, 1.82) is 0 Å². The van der Waals surface area contributed by atoms with Crippen LogP contribution in [0.4, 0.5) is 0 Å². The Kier molecular flexibility index (Phi) is 3.31. The number of carbonyl (C=O) groups is 1. The van der Waals surface area contributed by atoms with E-state index in [1.807, 2.05) is 30.3 Å². The second-order valence-corrected chi connectivity index (χ2v) is 3.50. The van der Waals surface area contributed by atoms with Crippen LogP contribution in [0.5, 0.6) is 0 Å². The molecule has 0 saturated heterocycles. The summed E-state index contributed by atoms with van der Waals surface area (Å²) < 4.78 is 0. The predicted molar refractivity (Wildman–Crippen MR) is 66.3 cm³/mol. The Balaban J connectivity index is 2.45. The van der Waals surface area contributed by atoms with Crippen LogP contribution < -0.4 is 0 Å². The Morgan fingerprint density at radius 3 is 2.65 bits per heavy atom. The predicted octanol–water partition coefficient (Wildman–Crippen LogP) is 2.85. The summed E-state index contributed by atoms with van der Waals surface area (Å²) in [6, 6.07) is 11.5. The number of rotatable bonds is 3. The molecular formula is C14H11NO2. The smallest absolute Gasteiger partial charge is 0.328 e. The lowest BCUT2D eigenvalue weighted by atomic mass is 10.0. The molecule has 0 aliphatic heterocycles. The third-order valence-electron chi connectivity index (χ3n) is 2.35. The number of nitrogens with zero attached hydrogens (tertiary/aromatic N) is 1. The Bertz CT molecular complexity index is 547. The number of benzene rings is 1. The molecule has 0 amide bonds. The summed E-state index contributed by atoms with van der Waals surface area (Å²) in [6.07, 6.45) is 6.08. The average molecular weight is 225 g/mol. The molecule has 3 heteroatoms. The number of hydrogen-bond acceptors (Lipinski definition) is 2. The third-order valence-corrected chi connectivity index (χ3v) is 2.35. The molecule has 0 saturated carbocycles. The molecule has 0 radical (unpaired) electrons. The van der Waals surface area contributed by atoms with Crippen molar-refractivity contribution < 1.29 is 9.90 Å². The van der Waals surface area contributed by atoms with E-state index in [0.717, 1.165) is 22.8 Å². The van der Waals surface area contributed by atoms with Gasteiger partial charge in [0.2, 0.25) is 0 Å². The molecule has 0 unspecified atom stereocenters. The first-order valence-electron chi connectivity index (χ1n) is 5.18. The Labute approximate surface area is 99.1 Å². The van der Waals surface area contributed by atoms with Crippen molar-refractivity contribution in [3.63, 3.8) is 0 Å². The fourth-order valence-electron chi connectivity index (χ4n) is 1.57. The molecule has 0 aliphatic rings. The number of aromatic nitrogens is 1. The van der Waals surface area contributed by atoms with Gasteiger partial charge in [-0.25, -0.2) is 4.79 Å². The van der Waals surface area contributed by atoms with Crippen LogP contribution in [0.25, 0.3) is 17.2 Å². The second kappa shape index (κ2) is 5.07. The molecule has 2 aromatic rings. The van der Waals surface area contributed by atoms with Crippen LogP contribution in [0.1, 0.15) is 5.56 Å². The summed E-state index contributed by atoms with van der Waals surface area (Å²) in [5.41, 5.74) is 2.78. The number of carboxylic acids is 1. The third kappa shape index (κ3) is 2.78. The van der Waals surface area contributed by atoms with Gasteiger partial charge in [-0.15, -0.1) is 0 Å². The molecule has 0 aliphatic carbocycles. The Morgan fingerprint density at radius 1 is 1.18 bits per heavy atom. The topological polar surface area (TPSA) is 50.2 Å². The van der Waals surface area contributed by atoms with Crippen molar-refractivity contribution in [2.75, 3.05) is 0 Å². The highest BCUT2D eigenvalue weighted by atomic mass is 16.4. The molecule has 1 N–H and O–H groups in total. The lowest BCUT2D eigenvalue weighted by Crippen LogP contribution is -1.88. The fourth-order valence-corrected chi connectivity index (χ4v) is 1.57. The molecule has 3 nitrogen and oxygen atoms in total. The largest absolute Gasteiger partial charge is 0.478 e. The number of pyridine rings is 1. The van der Waals surface area contributed by atoms with Crippen molar-refractivity contribution in [3.8, 4) is 11.1 Å². The van der Waals surface area contributed by atoms with Gasteiger partial charge in [0.1, 0.15) is 0 Å². The molecule has 1 aromatic heterocycles. The van der Waals surface area contributed by atoms with Gasteiger partial charge in [0.05, 0.1) is 0 Å². The maximum atomic E-state index is 10.5. The highest BCUT2D eigenvalue weighted by molar-refractivity contribution is 5.87. The van der Waals surface area contributed by atoms with Gasteiger partial charge < -0.3 is 5.11 Å². The normalized spacial score (nSPS) is 10.6. The Hall–Kier alpha value is -2.42. The molecule has 0 bridgehead atoms. The lowest BCUT2D eigenvalue weighted by molar-refractivity contribution is -0.131. The summed E-state index contributed by atoms with van der Waals surface area (Å²) in [6.45, 7) is 0. The van der Waals surface area contributed by atoms with E-state index in [9.17, 15) is 4.79 Å². The molecule has 1 aromatic carbocycles. The first-order chi connectivity index (χ1) is 8.27. The van der Waals surface area contributed by atoms with Crippen molar-refractivity contribution in [1.82, 2.24) is 4.98 Å². The maximum absolute atomic E-state index is 10.5. The molecule has 2 rings (SSSR count). The second-order valence-electron chi connectivity index (χ2n) is 3.50. The van der Waals surface area contributed by atoms with Crippen molar-refractivity contribution in [3.05, 3.63) is 60.4 Å². The quantitative estimate of drug-likeness (QED) is 0.817. The minimum Gasteiger partial charge on any atom is -0.478 e. The van der Waals surface area contributed by atoms with E-state index in [0.29, 0.717) is 0 Å². The fraction of sp³-hybridized carbons (Fsp3) is 0. The van der Waals surface area contributed by atoms with Gasteiger partial charge >= 0.3 is 5.97 Å². The first-order valence-corrected chi connectivity index (χ1v) is 5.18. The van der Waals surface area contributed by atoms with Crippen LogP contribution >= 0.6 is 0 Å². The van der Waals surface area contributed by atoms with Crippen LogP contribution in [0.3, 0.4) is 0 Å². The van der Waals surface area contributed by atoms with E-state index in [-0.39, 0.29) is 0 Å². The van der Waals surface area contributed by atoms with E-state index in [1.54, 1.807) is 24.5 Å². The SMILES string of the molecule is O=C(O)C=Cc1ccncc1-c1ccccc1. The zero-order valence-corrected chi connectivity index (χ0v) is 9.08. The number of aliphatic carboxylic acids is 1. The van der Waals surface area contributed by atoms with E-state index in [4.69, 9.17) is 5.11 Å².